The van der Waals surface area contributed by atoms with Crippen LogP contribution in [0.25, 0.3) is 22.4 Å². The highest BCUT2D eigenvalue weighted by Gasteiger charge is 2.16. The van der Waals surface area contributed by atoms with Gasteiger partial charge in [0.25, 0.3) is 0 Å². The summed E-state index contributed by atoms with van der Waals surface area (Å²) in [6, 6.07) is 31.7. The van der Waals surface area contributed by atoms with Gasteiger partial charge in [-0.2, -0.15) is 5.26 Å². The largest absolute Gasteiger partial charge is 0.240 e. The van der Waals surface area contributed by atoms with E-state index < -0.39 is 0 Å². The normalized spacial score (nSPS) is 11.3. The number of hydrogen-bond acceptors (Lipinski definition) is 4. The zero-order valence-corrected chi connectivity index (χ0v) is 21.6. The molecule has 0 atom stereocenters. The molecular weight excluding hydrogens is 452 g/mol. The predicted molar refractivity (Wildman–Crippen MR) is 146 cm³/mol. The van der Waals surface area contributed by atoms with Crippen molar-refractivity contribution >= 4 is 23.5 Å². The van der Waals surface area contributed by atoms with Crippen LogP contribution in [0.1, 0.15) is 37.5 Å². The molecule has 0 radical (unpaired) electrons. The molecule has 34 heavy (non-hydrogen) atoms. The average molecular weight is 481 g/mol. The molecule has 0 amide bonds. The summed E-state index contributed by atoms with van der Waals surface area (Å²) in [7, 11) is 0. The van der Waals surface area contributed by atoms with Gasteiger partial charge in [0, 0.05) is 16.0 Å². The highest BCUT2D eigenvalue weighted by Crippen LogP contribution is 2.36. The first kappa shape index (κ1) is 24.1. The molecule has 0 N–H and O–H groups in total. The van der Waals surface area contributed by atoms with E-state index in [0.29, 0.717) is 5.56 Å². The lowest BCUT2D eigenvalue weighted by Gasteiger charge is -2.19. The fraction of sp³-hybridized carbons (Fsp3) is 0.200. The van der Waals surface area contributed by atoms with Crippen molar-refractivity contribution in [3.05, 3.63) is 102 Å². The minimum absolute atomic E-state index is 0.147. The van der Waals surface area contributed by atoms with E-state index in [-0.39, 0.29) is 5.41 Å². The molecule has 4 heteroatoms. The summed E-state index contributed by atoms with van der Waals surface area (Å²) in [4.78, 5) is 6.15. The van der Waals surface area contributed by atoms with E-state index in [4.69, 9.17) is 4.98 Å². The molecule has 0 aliphatic carbocycles. The quantitative estimate of drug-likeness (QED) is 0.204. The van der Waals surface area contributed by atoms with Gasteiger partial charge in [-0.05, 0) is 41.7 Å². The second kappa shape index (κ2) is 10.5. The molecular formula is C30H28N2S2. The van der Waals surface area contributed by atoms with Gasteiger partial charge >= 0.3 is 0 Å². The fourth-order valence-corrected chi connectivity index (χ4v) is 5.67. The fourth-order valence-electron chi connectivity index (χ4n) is 3.66. The van der Waals surface area contributed by atoms with Crippen LogP contribution in [-0.2, 0) is 5.41 Å². The summed E-state index contributed by atoms with van der Waals surface area (Å²) in [6.07, 6.45) is 0. The topological polar surface area (TPSA) is 36.7 Å². The van der Waals surface area contributed by atoms with Gasteiger partial charge in [0.2, 0.25) is 0 Å². The summed E-state index contributed by atoms with van der Waals surface area (Å²) in [6.45, 7) is 8.76. The number of hydrogen-bond donors (Lipinski definition) is 0. The molecule has 4 aromatic rings. The van der Waals surface area contributed by atoms with E-state index in [9.17, 15) is 5.26 Å². The van der Waals surface area contributed by atoms with Crippen LogP contribution in [0.15, 0.2) is 94.9 Å². The van der Waals surface area contributed by atoms with Crippen LogP contribution in [-0.4, -0.2) is 10.1 Å². The van der Waals surface area contributed by atoms with Crippen molar-refractivity contribution in [3.8, 4) is 28.5 Å². The average Bonchev–Trinajstić information content (AvgIpc) is 2.84. The molecule has 170 valence electrons. The Balaban J connectivity index is 1.64. The van der Waals surface area contributed by atoms with E-state index in [1.807, 2.05) is 24.3 Å². The first-order chi connectivity index (χ1) is 16.3. The SMILES string of the molecule is Cc1ccc(-c2cc(-c3ccccc3)c(C#N)c(SCSc3ccc(C(C)(C)C)cc3)n2)cc1. The summed E-state index contributed by atoms with van der Waals surface area (Å²) in [5.74, 6) is 0. The van der Waals surface area contributed by atoms with E-state index in [0.717, 1.165) is 32.5 Å². The number of aryl methyl sites for hydroxylation is 1. The van der Waals surface area contributed by atoms with Gasteiger partial charge in [-0.15, -0.1) is 11.8 Å². The summed E-state index contributed by atoms with van der Waals surface area (Å²) in [5.41, 5.74) is 7.22. The maximum absolute atomic E-state index is 10.1. The van der Waals surface area contributed by atoms with Crippen LogP contribution < -0.4 is 0 Å². The van der Waals surface area contributed by atoms with Gasteiger partial charge in [-0.3, -0.25) is 0 Å². The Hall–Kier alpha value is -3.00. The highest BCUT2D eigenvalue weighted by molar-refractivity contribution is 8.16. The Bertz CT molecular complexity index is 1300. The predicted octanol–water partition coefficient (Wildman–Crippen LogP) is 8.74. The molecule has 0 aliphatic heterocycles. The van der Waals surface area contributed by atoms with Crippen molar-refractivity contribution in [1.29, 1.82) is 5.26 Å². The number of rotatable bonds is 6. The van der Waals surface area contributed by atoms with Crippen molar-refractivity contribution in [2.24, 2.45) is 0 Å². The first-order valence-corrected chi connectivity index (χ1v) is 13.3. The Kier molecular flexibility index (Phi) is 7.46. The Morgan fingerprint density at radius 2 is 1.50 bits per heavy atom. The molecule has 0 bridgehead atoms. The van der Waals surface area contributed by atoms with Crippen LogP contribution in [0.3, 0.4) is 0 Å². The van der Waals surface area contributed by atoms with Gasteiger partial charge in [0.1, 0.15) is 11.1 Å². The smallest absolute Gasteiger partial charge is 0.116 e. The minimum atomic E-state index is 0.147. The standard InChI is InChI=1S/C30H28N2S2/c1-21-10-12-23(13-11-21)28-18-26(22-8-6-5-7-9-22)27(19-31)29(32-28)34-20-33-25-16-14-24(15-17-25)30(2,3)4/h5-18H,20H2,1-4H3. The third-order valence-corrected chi connectivity index (χ3v) is 7.79. The molecule has 1 heterocycles. The lowest BCUT2D eigenvalue weighted by molar-refractivity contribution is 0.590. The monoisotopic (exact) mass is 480 g/mol. The molecule has 0 unspecified atom stereocenters. The third-order valence-electron chi connectivity index (χ3n) is 5.67. The van der Waals surface area contributed by atoms with Gasteiger partial charge in [0.05, 0.1) is 16.3 Å². The van der Waals surface area contributed by atoms with Gasteiger partial charge in [-0.1, -0.05) is 105 Å². The van der Waals surface area contributed by atoms with Gasteiger partial charge in [-0.25, -0.2) is 4.98 Å². The van der Waals surface area contributed by atoms with E-state index in [1.54, 1.807) is 23.5 Å². The molecule has 1 aromatic heterocycles. The highest BCUT2D eigenvalue weighted by atomic mass is 32.2. The van der Waals surface area contributed by atoms with Crippen molar-refractivity contribution in [3.63, 3.8) is 0 Å². The zero-order chi connectivity index (χ0) is 24.1. The number of nitrogens with zero attached hydrogens (tertiary/aromatic N) is 2. The molecule has 2 nitrogen and oxygen atoms in total. The van der Waals surface area contributed by atoms with Crippen molar-refractivity contribution in [2.45, 2.75) is 43.0 Å². The summed E-state index contributed by atoms with van der Waals surface area (Å²) in [5, 5.41) is 11.6. The van der Waals surface area contributed by atoms with Crippen molar-refractivity contribution in [2.75, 3.05) is 5.08 Å². The van der Waals surface area contributed by atoms with Crippen molar-refractivity contribution in [1.82, 2.24) is 4.98 Å². The van der Waals surface area contributed by atoms with Crippen LogP contribution in [0, 0.1) is 18.3 Å². The molecule has 0 aliphatic rings. The summed E-state index contributed by atoms with van der Waals surface area (Å²) < 4.78 is 0. The Morgan fingerprint density at radius 1 is 0.824 bits per heavy atom. The van der Waals surface area contributed by atoms with E-state index in [1.165, 1.54) is 16.0 Å². The lowest BCUT2D eigenvalue weighted by atomic mass is 9.87. The lowest BCUT2D eigenvalue weighted by Crippen LogP contribution is -2.10. The molecule has 3 aromatic carbocycles. The Morgan fingerprint density at radius 3 is 2.12 bits per heavy atom. The summed E-state index contributed by atoms with van der Waals surface area (Å²) >= 11 is 3.40. The molecule has 0 fully saturated rings. The number of aromatic nitrogens is 1. The first-order valence-electron chi connectivity index (χ1n) is 11.3. The molecule has 0 saturated carbocycles. The number of nitriles is 1. The second-order valence-electron chi connectivity index (χ2n) is 9.26. The Labute approximate surface area is 211 Å². The number of benzene rings is 3. The number of pyridine rings is 1. The maximum Gasteiger partial charge on any atom is 0.116 e. The molecule has 0 saturated heterocycles. The van der Waals surface area contributed by atoms with Crippen LogP contribution in [0.2, 0.25) is 0 Å². The van der Waals surface area contributed by atoms with Gasteiger partial charge < -0.3 is 0 Å². The second-order valence-corrected chi connectivity index (χ2v) is 11.6. The van der Waals surface area contributed by atoms with E-state index in [2.05, 4.69) is 94.4 Å². The minimum Gasteiger partial charge on any atom is -0.240 e. The number of thioether (sulfide) groups is 2. The van der Waals surface area contributed by atoms with Crippen LogP contribution in [0.5, 0.6) is 0 Å². The van der Waals surface area contributed by atoms with Crippen molar-refractivity contribution < 1.29 is 0 Å². The molecule has 4 rings (SSSR count). The maximum atomic E-state index is 10.1. The van der Waals surface area contributed by atoms with Crippen LogP contribution >= 0.6 is 23.5 Å². The third kappa shape index (κ3) is 5.73. The van der Waals surface area contributed by atoms with Crippen LogP contribution in [0.4, 0.5) is 0 Å². The molecule has 0 spiro atoms. The van der Waals surface area contributed by atoms with E-state index >= 15 is 0 Å². The zero-order valence-electron chi connectivity index (χ0n) is 20.0. The van der Waals surface area contributed by atoms with Gasteiger partial charge in [0.15, 0.2) is 0 Å².